The van der Waals surface area contributed by atoms with Crippen LogP contribution in [0.4, 0.5) is 28.4 Å². The molecule has 0 saturated heterocycles. The lowest BCUT2D eigenvalue weighted by Gasteiger charge is -2.34. The van der Waals surface area contributed by atoms with Crippen LogP contribution >= 0.6 is 0 Å². The van der Waals surface area contributed by atoms with Crippen LogP contribution in [0.5, 0.6) is 0 Å². The SMILES string of the molecule is Cc1cc(C)cc(-c2c3c(c(-c4cc(C)cc(C)c4)c4cc(N(c5ccccc5)c5ccccc5)ccc24)=CCC(N(c2ccccc2)c2ccc4ccccc4c2)C=3)c1. The lowest BCUT2D eigenvalue weighted by atomic mass is 9.84. The zero-order valence-electron chi connectivity index (χ0n) is 34.7. The first-order valence-corrected chi connectivity index (χ1v) is 21.1. The molecule has 9 aromatic rings. The molecule has 1 atom stereocenters. The zero-order chi connectivity index (χ0) is 40.7. The van der Waals surface area contributed by atoms with E-state index in [2.05, 4.69) is 238 Å². The van der Waals surface area contributed by atoms with Crippen LogP contribution in [0.2, 0.25) is 0 Å². The Labute approximate surface area is 353 Å². The number of benzene rings is 9. The van der Waals surface area contributed by atoms with Gasteiger partial charge in [-0.3, -0.25) is 0 Å². The first-order valence-electron chi connectivity index (χ1n) is 21.1. The van der Waals surface area contributed by atoms with E-state index < -0.39 is 0 Å². The van der Waals surface area contributed by atoms with E-state index in [0.717, 1.165) is 23.5 Å². The molecule has 1 unspecified atom stereocenters. The molecule has 1 aliphatic carbocycles. The second-order valence-corrected chi connectivity index (χ2v) is 16.5. The molecule has 0 heterocycles. The van der Waals surface area contributed by atoms with Gasteiger partial charge in [0.25, 0.3) is 0 Å². The maximum absolute atomic E-state index is 2.57. The summed E-state index contributed by atoms with van der Waals surface area (Å²) in [6, 6.07) is 69.3. The van der Waals surface area contributed by atoms with E-state index in [4.69, 9.17) is 0 Å². The molecule has 0 fully saturated rings. The highest BCUT2D eigenvalue weighted by atomic mass is 15.2. The van der Waals surface area contributed by atoms with E-state index >= 15 is 0 Å². The van der Waals surface area contributed by atoms with E-state index in [1.54, 1.807) is 0 Å². The first kappa shape index (κ1) is 37.1. The molecule has 10 rings (SSSR count). The Hall–Kier alpha value is -7.16. The van der Waals surface area contributed by atoms with Crippen molar-refractivity contribution in [2.45, 2.75) is 40.2 Å². The predicted molar refractivity (Wildman–Crippen MR) is 258 cm³/mol. The summed E-state index contributed by atoms with van der Waals surface area (Å²) in [5.41, 5.74) is 15.9. The summed E-state index contributed by atoms with van der Waals surface area (Å²) in [5, 5.41) is 7.58. The number of para-hydroxylation sites is 3. The van der Waals surface area contributed by atoms with Crippen molar-refractivity contribution in [1.82, 2.24) is 0 Å². The molecular weight excluding hydrogens is 725 g/mol. The third-order valence-corrected chi connectivity index (χ3v) is 12.0. The van der Waals surface area contributed by atoms with Crippen molar-refractivity contribution in [3.8, 4) is 22.3 Å². The van der Waals surface area contributed by atoms with Crippen LogP contribution in [0, 0.1) is 27.7 Å². The van der Waals surface area contributed by atoms with Crippen LogP contribution in [-0.2, 0) is 0 Å². The van der Waals surface area contributed by atoms with Gasteiger partial charge in [0.05, 0.1) is 6.04 Å². The third-order valence-electron chi connectivity index (χ3n) is 12.0. The van der Waals surface area contributed by atoms with Crippen molar-refractivity contribution >= 4 is 62.1 Å². The van der Waals surface area contributed by atoms with Crippen molar-refractivity contribution in [1.29, 1.82) is 0 Å². The molecule has 60 heavy (non-hydrogen) atoms. The Morgan fingerprint density at radius 2 is 0.883 bits per heavy atom. The molecule has 0 saturated carbocycles. The number of fused-ring (bicyclic) bond motifs is 3. The smallest absolute Gasteiger partial charge is 0.0566 e. The highest BCUT2D eigenvalue weighted by molar-refractivity contribution is 6.08. The second-order valence-electron chi connectivity index (χ2n) is 16.5. The van der Waals surface area contributed by atoms with Crippen LogP contribution in [0.1, 0.15) is 28.7 Å². The molecule has 0 bridgehead atoms. The maximum Gasteiger partial charge on any atom is 0.0566 e. The summed E-state index contributed by atoms with van der Waals surface area (Å²) in [6.45, 7) is 8.89. The van der Waals surface area contributed by atoms with Crippen molar-refractivity contribution in [2.24, 2.45) is 0 Å². The van der Waals surface area contributed by atoms with Crippen molar-refractivity contribution in [3.63, 3.8) is 0 Å². The number of aryl methyl sites for hydroxylation is 4. The van der Waals surface area contributed by atoms with Gasteiger partial charge >= 0.3 is 0 Å². The number of rotatable bonds is 8. The minimum atomic E-state index is 0.0705. The van der Waals surface area contributed by atoms with Crippen molar-refractivity contribution < 1.29 is 0 Å². The molecule has 2 nitrogen and oxygen atoms in total. The van der Waals surface area contributed by atoms with Gasteiger partial charge in [-0.2, -0.15) is 0 Å². The van der Waals surface area contributed by atoms with Gasteiger partial charge in [0.15, 0.2) is 0 Å². The van der Waals surface area contributed by atoms with Gasteiger partial charge in [-0.15, -0.1) is 0 Å². The average Bonchev–Trinajstić information content (AvgIpc) is 3.26. The highest BCUT2D eigenvalue weighted by Crippen LogP contribution is 2.41. The molecule has 0 spiro atoms. The third kappa shape index (κ3) is 6.95. The first-order chi connectivity index (χ1) is 29.4. The van der Waals surface area contributed by atoms with Crippen LogP contribution in [0.15, 0.2) is 188 Å². The molecule has 9 aromatic carbocycles. The van der Waals surface area contributed by atoms with Gasteiger partial charge in [0.2, 0.25) is 0 Å². The van der Waals surface area contributed by atoms with Crippen molar-refractivity contribution in [3.05, 3.63) is 221 Å². The molecule has 2 heteroatoms. The lowest BCUT2D eigenvalue weighted by Crippen LogP contribution is -2.40. The molecular formula is C58H48N2. The predicted octanol–water partition coefficient (Wildman–Crippen LogP) is 14.2. The molecule has 0 N–H and O–H groups in total. The molecule has 0 aromatic heterocycles. The van der Waals surface area contributed by atoms with Gasteiger partial charge in [-0.05, 0) is 149 Å². The monoisotopic (exact) mass is 772 g/mol. The fourth-order valence-corrected chi connectivity index (χ4v) is 9.63. The number of anilines is 5. The molecule has 0 aliphatic heterocycles. The van der Waals surface area contributed by atoms with E-state index in [1.165, 1.54) is 87.9 Å². The molecule has 1 aliphatic rings. The Bertz CT molecular complexity index is 3090. The Morgan fingerprint density at radius 1 is 0.383 bits per heavy atom. The van der Waals surface area contributed by atoms with E-state index in [9.17, 15) is 0 Å². The van der Waals surface area contributed by atoms with E-state index in [0.29, 0.717) is 0 Å². The van der Waals surface area contributed by atoms with Crippen LogP contribution < -0.4 is 20.2 Å². The van der Waals surface area contributed by atoms with E-state index in [-0.39, 0.29) is 6.04 Å². The second kappa shape index (κ2) is 15.5. The quantitative estimate of drug-likeness (QED) is 0.152. The number of nitrogens with zero attached hydrogens (tertiary/aromatic N) is 2. The summed E-state index contributed by atoms with van der Waals surface area (Å²) in [4.78, 5) is 4.92. The fraction of sp³-hybridized carbons (Fsp3) is 0.103. The minimum Gasteiger partial charge on any atom is -0.334 e. The Kier molecular flexibility index (Phi) is 9.62. The standard InChI is InChI=1S/C58H48N2/c1-39-30-40(2)33-45(32-39)57-54-29-27-52(60(49-22-12-7-13-23-49)50-25-24-43-16-14-15-17-44(43)36-50)38-56(54)58(46-34-41(3)31-42(4)35-46)53-28-26-51(37-55(53)57)59(47-18-8-5-9-19-47)48-20-10-6-11-21-48/h5-26,28-38,52H,27H2,1-4H3. The minimum absolute atomic E-state index is 0.0705. The Morgan fingerprint density at radius 3 is 1.47 bits per heavy atom. The van der Waals surface area contributed by atoms with Crippen molar-refractivity contribution in [2.75, 3.05) is 9.80 Å². The Balaban J connectivity index is 1.30. The largest absolute Gasteiger partial charge is 0.334 e. The molecule has 290 valence electrons. The lowest BCUT2D eigenvalue weighted by molar-refractivity contribution is 0.838. The average molecular weight is 773 g/mol. The van der Waals surface area contributed by atoms with Gasteiger partial charge in [0, 0.05) is 28.4 Å². The van der Waals surface area contributed by atoms with E-state index in [1.807, 2.05) is 0 Å². The van der Waals surface area contributed by atoms with Gasteiger partial charge in [0.1, 0.15) is 0 Å². The van der Waals surface area contributed by atoms with Crippen LogP contribution in [-0.4, -0.2) is 6.04 Å². The van der Waals surface area contributed by atoms with Gasteiger partial charge < -0.3 is 9.80 Å². The van der Waals surface area contributed by atoms with Gasteiger partial charge in [-0.25, -0.2) is 0 Å². The van der Waals surface area contributed by atoms with Gasteiger partial charge in [-0.1, -0.05) is 162 Å². The van der Waals surface area contributed by atoms with Crippen LogP contribution in [0.3, 0.4) is 0 Å². The van der Waals surface area contributed by atoms with Crippen LogP contribution in [0.25, 0.3) is 56.0 Å². The number of hydrogen-bond acceptors (Lipinski definition) is 2. The number of hydrogen-bond donors (Lipinski definition) is 0. The topological polar surface area (TPSA) is 6.48 Å². The summed E-state index contributed by atoms with van der Waals surface area (Å²) in [6.07, 6.45) is 5.96. The summed E-state index contributed by atoms with van der Waals surface area (Å²) < 4.78 is 0. The highest BCUT2D eigenvalue weighted by Gasteiger charge is 2.25. The zero-order valence-corrected chi connectivity index (χ0v) is 34.7. The molecule has 0 amide bonds. The fourth-order valence-electron chi connectivity index (χ4n) is 9.63. The summed E-state index contributed by atoms with van der Waals surface area (Å²) in [5.74, 6) is 0. The molecule has 0 radical (unpaired) electrons. The summed E-state index contributed by atoms with van der Waals surface area (Å²) in [7, 11) is 0. The maximum atomic E-state index is 2.57. The normalized spacial score (nSPS) is 13.4. The summed E-state index contributed by atoms with van der Waals surface area (Å²) >= 11 is 0.